The normalized spacial score (nSPS) is 17.9. The van der Waals surface area contributed by atoms with E-state index in [0.717, 1.165) is 17.7 Å². The smallest absolute Gasteiger partial charge is 0.325 e. The first-order chi connectivity index (χ1) is 15.9. The third-order valence-corrected chi connectivity index (χ3v) is 6.08. The molecule has 1 saturated carbocycles. The van der Waals surface area contributed by atoms with Crippen LogP contribution in [0.4, 0.5) is 16.2 Å². The molecule has 2 aliphatic heterocycles. The Bertz CT molecular complexity index is 1160. The van der Waals surface area contributed by atoms with E-state index in [0.29, 0.717) is 30.0 Å². The van der Waals surface area contributed by atoms with Crippen LogP contribution in [-0.2, 0) is 9.59 Å². The van der Waals surface area contributed by atoms with Crippen molar-refractivity contribution < 1.29 is 28.7 Å². The molecule has 0 aromatic heterocycles. The second kappa shape index (κ2) is 8.12. The highest BCUT2D eigenvalue weighted by atomic mass is 16.7. The quantitative estimate of drug-likeness (QED) is 0.601. The summed E-state index contributed by atoms with van der Waals surface area (Å²) in [5.74, 6) is -0.251. The van der Waals surface area contributed by atoms with Gasteiger partial charge in [-0.15, -0.1) is 0 Å². The molecule has 2 aromatic carbocycles. The predicted octanol–water partition coefficient (Wildman–Crippen LogP) is 2.47. The Morgan fingerprint density at radius 1 is 1.00 bits per heavy atom. The van der Waals surface area contributed by atoms with Crippen LogP contribution in [0.15, 0.2) is 42.5 Å². The number of imide groups is 1. The minimum atomic E-state index is -0.875. The topological polar surface area (TPSA) is 126 Å². The van der Waals surface area contributed by atoms with Crippen LogP contribution in [0.2, 0.25) is 0 Å². The number of nitrogens with zero attached hydrogens (tertiary/aromatic N) is 1. The summed E-state index contributed by atoms with van der Waals surface area (Å²) in [6, 6.07) is 11.0. The average Bonchev–Trinajstić information content (AvgIpc) is 3.51. The molecule has 10 heteroatoms. The summed E-state index contributed by atoms with van der Waals surface area (Å²) < 4.78 is 10.6. The molecule has 1 aliphatic carbocycles. The number of carbonyl (C=O) groups is 4. The summed E-state index contributed by atoms with van der Waals surface area (Å²) >= 11 is 0. The average molecular weight is 450 g/mol. The molecular weight excluding hydrogens is 428 g/mol. The highest BCUT2D eigenvalue weighted by Gasteiger charge is 2.52. The maximum absolute atomic E-state index is 12.9. The van der Waals surface area contributed by atoms with Crippen LogP contribution in [0.5, 0.6) is 11.5 Å². The molecule has 170 valence electrons. The van der Waals surface area contributed by atoms with Crippen molar-refractivity contribution in [1.29, 1.82) is 0 Å². The van der Waals surface area contributed by atoms with Gasteiger partial charge in [0.25, 0.3) is 11.8 Å². The summed E-state index contributed by atoms with van der Waals surface area (Å²) in [5.41, 5.74) is 0.127. The minimum absolute atomic E-state index is 0.125. The molecule has 2 heterocycles. The van der Waals surface area contributed by atoms with Gasteiger partial charge in [-0.1, -0.05) is 25.0 Å². The van der Waals surface area contributed by atoms with Gasteiger partial charge < -0.3 is 25.4 Å². The van der Waals surface area contributed by atoms with Crippen molar-refractivity contribution in [3.63, 3.8) is 0 Å². The fraction of sp³-hybridized carbons (Fsp3) is 0.304. The summed E-state index contributed by atoms with van der Waals surface area (Å²) in [6.07, 6.45) is 2.88. The Morgan fingerprint density at radius 2 is 1.76 bits per heavy atom. The van der Waals surface area contributed by atoms with Crippen LogP contribution in [-0.4, -0.2) is 47.5 Å². The Labute approximate surface area is 189 Å². The lowest BCUT2D eigenvalue weighted by Crippen LogP contribution is -2.44. The van der Waals surface area contributed by atoms with Gasteiger partial charge in [-0.2, -0.15) is 0 Å². The summed E-state index contributed by atoms with van der Waals surface area (Å²) in [6.45, 7) is -0.301. The lowest BCUT2D eigenvalue weighted by Gasteiger charge is -2.20. The maximum Gasteiger partial charge on any atom is 0.325 e. The molecule has 5 amide bonds. The van der Waals surface area contributed by atoms with Crippen LogP contribution >= 0.6 is 0 Å². The van der Waals surface area contributed by atoms with E-state index in [-0.39, 0.29) is 24.0 Å². The number of benzene rings is 2. The number of ether oxygens (including phenoxy) is 2. The van der Waals surface area contributed by atoms with Crippen LogP contribution in [0.25, 0.3) is 0 Å². The van der Waals surface area contributed by atoms with E-state index < -0.39 is 29.9 Å². The number of urea groups is 1. The molecule has 33 heavy (non-hydrogen) atoms. The fourth-order valence-electron chi connectivity index (χ4n) is 4.43. The van der Waals surface area contributed by atoms with Crippen molar-refractivity contribution in [2.24, 2.45) is 0 Å². The van der Waals surface area contributed by atoms with E-state index in [2.05, 4.69) is 16.0 Å². The van der Waals surface area contributed by atoms with Crippen molar-refractivity contribution in [3.05, 3.63) is 48.0 Å². The maximum atomic E-state index is 12.9. The monoisotopic (exact) mass is 450 g/mol. The minimum Gasteiger partial charge on any atom is -0.454 e. The number of amides is 5. The third kappa shape index (κ3) is 3.84. The van der Waals surface area contributed by atoms with Gasteiger partial charge in [0, 0.05) is 11.8 Å². The molecule has 1 spiro atoms. The molecule has 2 fully saturated rings. The Hall–Kier alpha value is -4.08. The highest BCUT2D eigenvalue weighted by molar-refractivity contribution is 6.12. The number of para-hydroxylation sites is 1. The molecule has 0 unspecified atom stereocenters. The van der Waals surface area contributed by atoms with Crippen LogP contribution < -0.4 is 25.4 Å². The van der Waals surface area contributed by atoms with Gasteiger partial charge in [-0.05, 0) is 37.1 Å². The SMILES string of the molecule is O=C(CN1C(=O)NC2(CCCC2)C1=O)Nc1ccccc1C(=O)Nc1ccc2c(c1)OCO2. The van der Waals surface area contributed by atoms with Crippen molar-refractivity contribution in [2.75, 3.05) is 24.0 Å². The van der Waals surface area contributed by atoms with E-state index in [4.69, 9.17) is 9.47 Å². The van der Waals surface area contributed by atoms with E-state index in [1.807, 2.05) is 0 Å². The second-order valence-corrected chi connectivity index (χ2v) is 8.23. The zero-order chi connectivity index (χ0) is 23.0. The van der Waals surface area contributed by atoms with E-state index in [9.17, 15) is 19.2 Å². The first-order valence-electron chi connectivity index (χ1n) is 10.7. The molecular formula is C23H22N4O6. The standard InChI is InChI=1S/C23H22N4O6/c28-19(12-27-21(30)23(26-22(27)31)9-3-4-10-23)25-16-6-2-1-5-15(16)20(29)24-14-7-8-17-18(11-14)33-13-32-17/h1-2,5-8,11H,3-4,9-10,12-13H2,(H,24,29)(H,25,28)(H,26,31). The number of nitrogens with one attached hydrogen (secondary N) is 3. The summed E-state index contributed by atoms with van der Waals surface area (Å²) in [4.78, 5) is 51.6. The van der Waals surface area contributed by atoms with Crippen LogP contribution in [0.1, 0.15) is 36.0 Å². The van der Waals surface area contributed by atoms with E-state index in [1.165, 1.54) is 0 Å². The first kappa shape index (κ1) is 20.8. The van der Waals surface area contributed by atoms with Crippen molar-refractivity contribution in [1.82, 2.24) is 10.2 Å². The molecule has 10 nitrogen and oxygen atoms in total. The zero-order valence-electron chi connectivity index (χ0n) is 17.7. The van der Waals surface area contributed by atoms with Crippen LogP contribution in [0, 0.1) is 0 Å². The third-order valence-electron chi connectivity index (χ3n) is 6.08. The van der Waals surface area contributed by atoms with E-state index in [1.54, 1.807) is 42.5 Å². The molecule has 3 aliphatic rings. The Balaban J connectivity index is 1.27. The zero-order valence-corrected chi connectivity index (χ0v) is 17.7. The van der Waals surface area contributed by atoms with Crippen molar-refractivity contribution in [2.45, 2.75) is 31.2 Å². The largest absolute Gasteiger partial charge is 0.454 e. The molecule has 5 rings (SSSR count). The summed E-state index contributed by atoms with van der Waals surface area (Å²) in [5, 5.41) is 8.16. The van der Waals surface area contributed by atoms with Gasteiger partial charge in [0.15, 0.2) is 11.5 Å². The van der Waals surface area contributed by atoms with Gasteiger partial charge in [0.05, 0.1) is 11.3 Å². The molecule has 0 radical (unpaired) electrons. The number of carbonyl (C=O) groups excluding carboxylic acids is 4. The molecule has 3 N–H and O–H groups in total. The van der Waals surface area contributed by atoms with Crippen molar-refractivity contribution in [3.8, 4) is 11.5 Å². The molecule has 0 atom stereocenters. The fourth-order valence-corrected chi connectivity index (χ4v) is 4.43. The number of hydrogen-bond acceptors (Lipinski definition) is 6. The van der Waals surface area contributed by atoms with E-state index >= 15 is 0 Å². The number of hydrogen-bond donors (Lipinski definition) is 3. The van der Waals surface area contributed by atoms with Gasteiger partial charge in [-0.25, -0.2) is 4.79 Å². The lowest BCUT2D eigenvalue weighted by molar-refractivity contribution is -0.133. The molecule has 0 bridgehead atoms. The van der Waals surface area contributed by atoms with Gasteiger partial charge in [-0.3, -0.25) is 19.3 Å². The predicted molar refractivity (Wildman–Crippen MR) is 117 cm³/mol. The number of anilines is 2. The van der Waals surface area contributed by atoms with Crippen molar-refractivity contribution >= 4 is 35.1 Å². The number of fused-ring (bicyclic) bond motifs is 1. The number of rotatable bonds is 5. The van der Waals surface area contributed by atoms with Gasteiger partial charge in [0.2, 0.25) is 12.7 Å². The first-order valence-corrected chi connectivity index (χ1v) is 10.7. The highest BCUT2D eigenvalue weighted by Crippen LogP contribution is 2.35. The summed E-state index contributed by atoms with van der Waals surface area (Å²) in [7, 11) is 0. The Morgan fingerprint density at radius 3 is 2.58 bits per heavy atom. The van der Waals surface area contributed by atoms with Crippen LogP contribution in [0.3, 0.4) is 0 Å². The van der Waals surface area contributed by atoms with Gasteiger partial charge >= 0.3 is 6.03 Å². The Kier molecular flexibility index (Phi) is 5.12. The molecule has 1 saturated heterocycles. The second-order valence-electron chi connectivity index (χ2n) is 8.23. The molecule has 2 aromatic rings. The lowest BCUT2D eigenvalue weighted by atomic mass is 9.98. The van der Waals surface area contributed by atoms with Gasteiger partial charge in [0.1, 0.15) is 12.1 Å².